The van der Waals surface area contributed by atoms with Crippen molar-refractivity contribution >= 4 is 15.9 Å². The van der Waals surface area contributed by atoms with Crippen molar-refractivity contribution < 1.29 is 17.6 Å². The van der Waals surface area contributed by atoms with Gasteiger partial charge < -0.3 is 9.73 Å². The molecule has 0 aliphatic heterocycles. The molecule has 2 unspecified atom stereocenters. The molecule has 0 bridgehead atoms. The second-order valence-corrected chi connectivity index (χ2v) is 6.49. The van der Waals surface area contributed by atoms with Gasteiger partial charge >= 0.3 is 0 Å². The van der Waals surface area contributed by atoms with E-state index in [-0.39, 0.29) is 11.9 Å². The smallest absolute Gasteiger partial charge is 0.238 e. The van der Waals surface area contributed by atoms with Crippen LogP contribution in [0.2, 0.25) is 0 Å². The lowest BCUT2D eigenvalue weighted by molar-refractivity contribution is -0.123. The fraction of sp³-hybridized carbons (Fsp3) is 0.583. The fourth-order valence-corrected chi connectivity index (χ4v) is 2.62. The van der Waals surface area contributed by atoms with E-state index in [1.165, 1.54) is 6.92 Å². The van der Waals surface area contributed by atoms with E-state index in [2.05, 4.69) is 10.0 Å². The number of amides is 1. The number of hydrogen-bond acceptors (Lipinski definition) is 4. The molecule has 0 radical (unpaired) electrons. The van der Waals surface area contributed by atoms with Crippen LogP contribution in [0.25, 0.3) is 0 Å². The lowest BCUT2D eigenvalue weighted by Gasteiger charge is -2.17. The minimum Gasteiger partial charge on any atom is -0.466 e. The van der Waals surface area contributed by atoms with Crippen LogP contribution in [0.3, 0.4) is 0 Å². The van der Waals surface area contributed by atoms with Crippen molar-refractivity contribution in [3.05, 3.63) is 23.2 Å². The van der Waals surface area contributed by atoms with E-state index in [0.29, 0.717) is 0 Å². The van der Waals surface area contributed by atoms with Crippen LogP contribution in [-0.2, 0) is 14.8 Å². The summed E-state index contributed by atoms with van der Waals surface area (Å²) in [5.74, 6) is 1.14. The molecule has 0 spiro atoms. The molecule has 1 amide bonds. The molecule has 0 aliphatic carbocycles. The van der Waals surface area contributed by atoms with Gasteiger partial charge in [0.25, 0.3) is 0 Å². The zero-order valence-electron chi connectivity index (χ0n) is 11.8. The summed E-state index contributed by atoms with van der Waals surface area (Å²) in [6.45, 7) is 6.97. The third kappa shape index (κ3) is 4.68. The summed E-state index contributed by atoms with van der Waals surface area (Å²) in [6, 6.07) is 0.800. The van der Waals surface area contributed by atoms with E-state index >= 15 is 0 Å². The Bertz CT molecular complexity index is 562. The second-order valence-electron chi connectivity index (χ2n) is 4.71. The largest absolute Gasteiger partial charge is 0.466 e. The quantitative estimate of drug-likeness (QED) is 0.846. The van der Waals surface area contributed by atoms with Crippen LogP contribution in [0.5, 0.6) is 0 Å². The second kappa shape index (κ2) is 5.75. The van der Waals surface area contributed by atoms with Gasteiger partial charge in [-0.1, -0.05) is 0 Å². The average Bonchev–Trinajstić information content (AvgIpc) is 2.55. The number of furan rings is 1. The highest BCUT2D eigenvalue weighted by Gasteiger charge is 2.20. The first-order valence-corrected chi connectivity index (χ1v) is 7.84. The van der Waals surface area contributed by atoms with Crippen LogP contribution in [0.1, 0.15) is 37.0 Å². The van der Waals surface area contributed by atoms with Gasteiger partial charge in [0.05, 0.1) is 18.3 Å². The molecule has 0 fully saturated rings. The Labute approximate surface area is 113 Å². The molecule has 1 aromatic heterocycles. The van der Waals surface area contributed by atoms with Gasteiger partial charge in [-0.05, 0) is 33.8 Å². The number of sulfonamides is 1. The average molecular weight is 288 g/mol. The molecule has 0 saturated carbocycles. The van der Waals surface area contributed by atoms with Crippen LogP contribution in [0.4, 0.5) is 0 Å². The lowest BCUT2D eigenvalue weighted by Crippen LogP contribution is -2.45. The van der Waals surface area contributed by atoms with Gasteiger partial charge in [-0.25, -0.2) is 13.1 Å². The van der Waals surface area contributed by atoms with Crippen molar-refractivity contribution in [1.29, 1.82) is 0 Å². The Balaban J connectivity index is 2.69. The highest BCUT2D eigenvalue weighted by molar-refractivity contribution is 7.88. The summed E-state index contributed by atoms with van der Waals surface area (Å²) in [5, 5.41) is 2.75. The van der Waals surface area contributed by atoms with Crippen molar-refractivity contribution in [3.8, 4) is 0 Å². The number of aryl methyl sites for hydroxylation is 2. The van der Waals surface area contributed by atoms with Gasteiger partial charge in [0.15, 0.2) is 0 Å². The predicted molar refractivity (Wildman–Crippen MR) is 72.2 cm³/mol. The fourth-order valence-electron chi connectivity index (χ4n) is 1.87. The van der Waals surface area contributed by atoms with Crippen LogP contribution < -0.4 is 10.0 Å². The molecule has 19 heavy (non-hydrogen) atoms. The van der Waals surface area contributed by atoms with E-state index in [1.807, 2.05) is 26.8 Å². The maximum Gasteiger partial charge on any atom is 0.238 e. The first-order chi connectivity index (χ1) is 8.60. The number of hydrogen-bond donors (Lipinski definition) is 2. The van der Waals surface area contributed by atoms with Crippen molar-refractivity contribution in [2.75, 3.05) is 6.26 Å². The summed E-state index contributed by atoms with van der Waals surface area (Å²) in [4.78, 5) is 11.9. The topological polar surface area (TPSA) is 88.4 Å². The monoisotopic (exact) mass is 288 g/mol. The molecule has 0 saturated heterocycles. The molecule has 0 aromatic carbocycles. The number of carbonyl (C=O) groups is 1. The zero-order chi connectivity index (χ0) is 14.8. The van der Waals surface area contributed by atoms with Crippen LogP contribution in [0.15, 0.2) is 10.5 Å². The van der Waals surface area contributed by atoms with E-state index in [4.69, 9.17) is 4.42 Å². The first-order valence-electron chi connectivity index (χ1n) is 5.94. The molecule has 1 rings (SSSR count). The Kier molecular flexibility index (Phi) is 4.75. The molecule has 2 N–H and O–H groups in total. The summed E-state index contributed by atoms with van der Waals surface area (Å²) < 4.78 is 29.7. The van der Waals surface area contributed by atoms with Gasteiger partial charge in [-0.15, -0.1) is 0 Å². The highest BCUT2D eigenvalue weighted by Crippen LogP contribution is 2.21. The summed E-state index contributed by atoms with van der Waals surface area (Å²) in [7, 11) is -3.40. The van der Waals surface area contributed by atoms with Crippen LogP contribution in [0, 0.1) is 13.8 Å². The van der Waals surface area contributed by atoms with Crippen molar-refractivity contribution in [1.82, 2.24) is 10.0 Å². The summed E-state index contributed by atoms with van der Waals surface area (Å²) in [5.41, 5.74) is 0.886. The van der Waals surface area contributed by atoms with Crippen molar-refractivity contribution in [2.24, 2.45) is 0 Å². The molecule has 6 nitrogen and oxygen atoms in total. The Morgan fingerprint density at radius 2 is 1.89 bits per heavy atom. The summed E-state index contributed by atoms with van der Waals surface area (Å²) in [6.07, 6.45) is 1.02. The standard InChI is InChI=1S/C12H20N2O4S/c1-7-6-11(10(4)18-7)8(2)13-12(15)9(3)14-19(5,16)17/h6,8-9,14H,1-5H3,(H,13,15). The van der Waals surface area contributed by atoms with Crippen LogP contribution in [-0.4, -0.2) is 26.6 Å². The third-order valence-electron chi connectivity index (χ3n) is 2.69. The van der Waals surface area contributed by atoms with Gasteiger partial charge in [0, 0.05) is 5.56 Å². The maximum absolute atomic E-state index is 11.9. The van der Waals surface area contributed by atoms with Crippen LogP contribution >= 0.6 is 0 Å². The minimum absolute atomic E-state index is 0.242. The number of rotatable bonds is 5. The minimum atomic E-state index is -3.40. The van der Waals surface area contributed by atoms with Gasteiger partial charge in [-0.2, -0.15) is 0 Å². The molecule has 2 atom stereocenters. The van der Waals surface area contributed by atoms with Crippen molar-refractivity contribution in [2.45, 2.75) is 39.8 Å². The van der Waals surface area contributed by atoms with Crippen molar-refractivity contribution in [3.63, 3.8) is 0 Å². The molecular formula is C12H20N2O4S. The van der Waals surface area contributed by atoms with E-state index in [9.17, 15) is 13.2 Å². The molecule has 1 aromatic rings. The predicted octanol–water partition coefficient (Wildman–Crippen LogP) is 1.01. The molecular weight excluding hydrogens is 268 g/mol. The third-order valence-corrected chi connectivity index (χ3v) is 3.47. The Morgan fingerprint density at radius 3 is 2.32 bits per heavy atom. The van der Waals surface area contributed by atoms with E-state index in [1.54, 1.807) is 0 Å². The van der Waals surface area contributed by atoms with Gasteiger partial charge in [-0.3, -0.25) is 4.79 Å². The highest BCUT2D eigenvalue weighted by atomic mass is 32.2. The van der Waals surface area contributed by atoms with E-state index < -0.39 is 16.1 Å². The SMILES string of the molecule is Cc1cc(C(C)NC(=O)C(C)NS(C)(=O)=O)c(C)o1. The molecule has 0 aliphatic rings. The summed E-state index contributed by atoms with van der Waals surface area (Å²) >= 11 is 0. The Morgan fingerprint density at radius 1 is 1.32 bits per heavy atom. The number of nitrogens with one attached hydrogen (secondary N) is 2. The lowest BCUT2D eigenvalue weighted by atomic mass is 10.1. The molecule has 7 heteroatoms. The normalized spacial score (nSPS) is 15.0. The van der Waals surface area contributed by atoms with E-state index in [0.717, 1.165) is 23.3 Å². The number of carbonyl (C=O) groups excluding carboxylic acids is 1. The maximum atomic E-state index is 11.9. The Hall–Kier alpha value is -1.34. The molecule has 108 valence electrons. The van der Waals surface area contributed by atoms with Gasteiger partial charge in [0.1, 0.15) is 11.5 Å². The first kappa shape index (κ1) is 15.7. The van der Waals surface area contributed by atoms with Gasteiger partial charge in [0.2, 0.25) is 15.9 Å². The zero-order valence-corrected chi connectivity index (χ0v) is 12.6. The molecule has 1 heterocycles.